The van der Waals surface area contributed by atoms with Crippen LogP contribution in [0.25, 0.3) is 0 Å². The van der Waals surface area contributed by atoms with Crippen LogP contribution in [0, 0.1) is 0 Å². The van der Waals surface area contributed by atoms with E-state index in [4.69, 9.17) is 25.7 Å². The normalized spacial score (nSPS) is 11.8. The van der Waals surface area contributed by atoms with E-state index in [1.807, 2.05) is 0 Å². The molecule has 136 valence electrons. The third kappa shape index (κ3) is 3.00. The molecule has 4 N–H and O–H groups in total. The number of ketones is 2. The third-order valence-corrected chi connectivity index (χ3v) is 4.18. The second-order valence-corrected chi connectivity index (χ2v) is 5.69. The zero-order valence-electron chi connectivity index (χ0n) is 14.5. The van der Waals surface area contributed by atoms with Crippen molar-refractivity contribution < 1.29 is 23.8 Å². The zero-order valence-corrected chi connectivity index (χ0v) is 14.5. The second-order valence-electron chi connectivity index (χ2n) is 5.69. The van der Waals surface area contributed by atoms with Gasteiger partial charge in [0, 0.05) is 29.2 Å². The summed E-state index contributed by atoms with van der Waals surface area (Å²) in [5.74, 6) is 1.07. The Kier molecular flexibility index (Phi) is 4.88. The van der Waals surface area contributed by atoms with Gasteiger partial charge in [-0.05, 0) is 12.1 Å². The number of fused-ring (bicyclic) bond motifs is 2. The molecule has 0 radical (unpaired) electrons. The summed E-state index contributed by atoms with van der Waals surface area (Å²) in [5.41, 5.74) is 12.7. The highest BCUT2D eigenvalue weighted by Crippen LogP contribution is 2.42. The molecule has 1 aromatic heterocycles. The van der Waals surface area contributed by atoms with E-state index in [9.17, 15) is 9.59 Å². The minimum atomic E-state index is -0.388. The first-order valence-electron chi connectivity index (χ1n) is 7.95. The Bertz CT molecular complexity index is 895. The average molecular weight is 357 g/mol. The van der Waals surface area contributed by atoms with Crippen molar-refractivity contribution in [3.63, 3.8) is 0 Å². The molecule has 0 spiro atoms. The summed E-state index contributed by atoms with van der Waals surface area (Å²) in [7, 11) is 3.06. The molecule has 0 bridgehead atoms. The van der Waals surface area contributed by atoms with Crippen LogP contribution in [0.3, 0.4) is 0 Å². The minimum absolute atomic E-state index is 0.0759. The van der Waals surface area contributed by atoms with Crippen LogP contribution in [-0.4, -0.2) is 43.9 Å². The van der Waals surface area contributed by atoms with Crippen LogP contribution in [-0.2, 0) is 6.42 Å². The smallest absolute Gasteiger partial charge is 0.224 e. The van der Waals surface area contributed by atoms with E-state index in [1.54, 1.807) is 12.1 Å². The first kappa shape index (κ1) is 17.8. The summed E-state index contributed by atoms with van der Waals surface area (Å²) in [5, 5.41) is 0. The highest BCUT2D eigenvalue weighted by molar-refractivity contribution is 6.03. The monoisotopic (exact) mass is 357 g/mol. The fraction of sp³-hybridized carbons (Fsp3) is 0.278. The number of nitrogens with two attached hydrogens (primary N) is 2. The van der Waals surface area contributed by atoms with Crippen molar-refractivity contribution in [2.24, 2.45) is 11.5 Å². The van der Waals surface area contributed by atoms with Crippen LogP contribution in [0.1, 0.15) is 32.0 Å². The van der Waals surface area contributed by atoms with E-state index in [0.717, 1.165) is 5.56 Å². The summed E-state index contributed by atoms with van der Waals surface area (Å²) in [6, 6.07) is 4.89. The summed E-state index contributed by atoms with van der Waals surface area (Å²) in [6.45, 7) is -0.408. The van der Waals surface area contributed by atoms with Gasteiger partial charge in [-0.2, -0.15) is 0 Å². The first-order chi connectivity index (χ1) is 12.5. The lowest BCUT2D eigenvalue weighted by Crippen LogP contribution is -2.22. The van der Waals surface area contributed by atoms with Gasteiger partial charge in [-0.25, -0.2) is 4.98 Å². The van der Waals surface area contributed by atoms with Gasteiger partial charge in [0.1, 0.15) is 11.4 Å². The standard InChI is InChI=1S/C18H19N3O5/c1-24-16-4-9-3-11-10(13(22)7-19)5-12(14(23)8-20)21-18(11)26-15(9)6-17(16)25-2/h4-6H,3,7-8,19-20H2,1-2H3. The summed E-state index contributed by atoms with van der Waals surface area (Å²) in [6.07, 6.45) is 0.385. The van der Waals surface area contributed by atoms with Gasteiger partial charge in [-0.1, -0.05) is 0 Å². The largest absolute Gasteiger partial charge is 0.493 e. The highest BCUT2D eigenvalue weighted by atomic mass is 16.5. The van der Waals surface area contributed by atoms with Gasteiger partial charge in [-0.3, -0.25) is 9.59 Å². The quantitative estimate of drug-likeness (QED) is 0.627. The predicted octanol–water partition coefficient (Wildman–Crippen LogP) is 1.08. The van der Waals surface area contributed by atoms with E-state index in [2.05, 4.69) is 4.98 Å². The molecular formula is C18H19N3O5. The molecular weight excluding hydrogens is 338 g/mol. The van der Waals surface area contributed by atoms with Crippen LogP contribution in [0.15, 0.2) is 18.2 Å². The van der Waals surface area contributed by atoms with Gasteiger partial charge in [0.2, 0.25) is 5.88 Å². The molecule has 0 unspecified atom stereocenters. The third-order valence-electron chi connectivity index (χ3n) is 4.18. The summed E-state index contributed by atoms with van der Waals surface area (Å²) < 4.78 is 16.5. The number of Topliss-reactive ketones (excluding diaryl/α,β-unsaturated/α-hetero) is 2. The predicted molar refractivity (Wildman–Crippen MR) is 93.4 cm³/mol. The SMILES string of the molecule is COc1cc2c(cc1OC)Oc1nc(C(=O)CN)cc(C(=O)CN)c1C2. The van der Waals surface area contributed by atoms with Crippen molar-refractivity contribution >= 4 is 11.6 Å². The molecule has 1 aromatic carbocycles. The van der Waals surface area contributed by atoms with E-state index in [1.165, 1.54) is 20.3 Å². The molecule has 1 aliphatic rings. The molecule has 0 aliphatic carbocycles. The molecule has 0 saturated heterocycles. The number of methoxy groups -OCH3 is 2. The van der Waals surface area contributed by atoms with Gasteiger partial charge < -0.3 is 25.7 Å². The maximum absolute atomic E-state index is 12.3. The molecule has 0 saturated carbocycles. The van der Waals surface area contributed by atoms with E-state index in [0.29, 0.717) is 34.8 Å². The number of aromatic nitrogens is 1. The second kappa shape index (κ2) is 7.11. The first-order valence-corrected chi connectivity index (χ1v) is 7.95. The van der Waals surface area contributed by atoms with Gasteiger partial charge in [0.15, 0.2) is 23.1 Å². The minimum Gasteiger partial charge on any atom is -0.493 e. The Morgan fingerprint density at radius 2 is 1.73 bits per heavy atom. The number of carbonyl (C=O) groups is 2. The Balaban J connectivity index is 2.14. The van der Waals surface area contributed by atoms with Crippen LogP contribution in [0.5, 0.6) is 23.1 Å². The lowest BCUT2D eigenvalue weighted by Gasteiger charge is -2.23. The van der Waals surface area contributed by atoms with E-state index >= 15 is 0 Å². The molecule has 26 heavy (non-hydrogen) atoms. The topological polar surface area (TPSA) is 127 Å². The van der Waals surface area contributed by atoms with Crippen molar-refractivity contribution in [1.82, 2.24) is 4.98 Å². The fourth-order valence-corrected chi connectivity index (χ4v) is 2.84. The lowest BCUT2D eigenvalue weighted by molar-refractivity contribution is 0.0995. The lowest BCUT2D eigenvalue weighted by atomic mass is 9.94. The average Bonchev–Trinajstić information content (AvgIpc) is 2.68. The number of ether oxygens (including phenoxy) is 3. The number of nitrogens with zero attached hydrogens (tertiary/aromatic N) is 1. The number of carbonyl (C=O) groups excluding carboxylic acids is 2. The zero-order chi connectivity index (χ0) is 18.8. The molecule has 2 heterocycles. The number of rotatable bonds is 6. The van der Waals surface area contributed by atoms with Gasteiger partial charge in [0.05, 0.1) is 27.3 Å². The molecule has 1 aliphatic heterocycles. The van der Waals surface area contributed by atoms with Gasteiger partial charge in [-0.15, -0.1) is 0 Å². The van der Waals surface area contributed by atoms with Crippen molar-refractivity contribution in [2.45, 2.75) is 6.42 Å². The van der Waals surface area contributed by atoms with Gasteiger partial charge in [0.25, 0.3) is 0 Å². The van der Waals surface area contributed by atoms with Crippen molar-refractivity contribution in [3.8, 4) is 23.1 Å². The molecule has 8 heteroatoms. The maximum atomic E-state index is 12.3. The number of pyridine rings is 1. The van der Waals surface area contributed by atoms with E-state index < -0.39 is 0 Å². The number of hydrogen-bond donors (Lipinski definition) is 2. The number of hydrogen-bond acceptors (Lipinski definition) is 8. The Morgan fingerprint density at radius 3 is 2.35 bits per heavy atom. The molecule has 8 nitrogen and oxygen atoms in total. The molecule has 2 aromatic rings. The Labute approximate surface area is 150 Å². The van der Waals surface area contributed by atoms with Crippen LogP contribution in [0.2, 0.25) is 0 Å². The molecule has 0 fully saturated rings. The Morgan fingerprint density at radius 1 is 1.08 bits per heavy atom. The van der Waals surface area contributed by atoms with E-state index in [-0.39, 0.29) is 36.2 Å². The fourth-order valence-electron chi connectivity index (χ4n) is 2.84. The Hall–Kier alpha value is -2.97. The van der Waals surface area contributed by atoms with Crippen LogP contribution < -0.4 is 25.7 Å². The summed E-state index contributed by atoms with van der Waals surface area (Å²) in [4.78, 5) is 28.5. The van der Waals surface area contributed by atoms with Gasteiger partial charge >= 0.3 is 0 Å². The maximum Gasteiger partial charge on any atom is 0.224 e. The molecule has 0 atom stereocenters. The summed E-state index contributed by atoms with van der Waals surface area (Å²) >= 11 is 0. The van der Waals surface area contributed by atoms with Crippen molar-refractivity contribution in [1.29, 1.82) is 0 Å². The van der Waals surface area contributed by atoms with Crippen LogP contribution in [0.4, 0.5) is 0 Å². The van der Waals surface area contributed by atoms with Crippen LogP contribution >= 0.6 is 0 Å². The highest BCUT2D eigenvalue weighted by Gasteiger charge is 2.27. The van der Waals surface area contributed by atoms with Crippen molar-refractivity contribution in [2.75, 3.05) is 27.3 Å². The molecule has 0 amide bonds. The number of benzene rings is 1. The van der Waals surface area contributed by atoms with Crippen molar-refractivity contribution in [3.05, 3.63) is 40.6 Å². The molecule has 3 rings (SSSR count).